The third kappa shape index (κ3) is 5.73. The second kappa shape index (κ2) is 9.82. The number of aryl methyl sites for hydroxylation is 1. The summed E-state index contributed by atoms with van der Waals surface area (Å²) in [4.78, 5) is 17.9. The van der Waals surface area contributed by atoms with Gasteiger partial charge in [-0.3, -0.25) is 4.57 Å². The summed E-state index contributed by atoms with van der Waals surface area (Å²) in [5.74, 6) is -1.85. The van der Waals surface area contributed by atoms with Crippen molar-refractivity contribution in [1.29, 1.82) is 0 Å². The summed E-state index contributed by atoms with van der Waals surface area (Å²) < 4.78 is 64.8. The highest BCUT2D eigenvalue weighted by Gasteiger charge is 2.24. The average Bonchev–Trinajstić information content (AvgIpc) is 2.79. The number of hydrogen-bond acceptors (Lipinski definition) is 7. The Balaban J connectivity index is 1.50. The summed E-state index contributed by atoms with van der Waals surface area (Å²) in [5, 5.41) is 0.503. The standard InChI is InChI=1S/C23H22ClF2N3O5S/c1-14-9-16(3-4-17(14)24)34-22-18(25)10-15(11-19(22)26)13-33-20-12-21(28(2)23(30)27-20)29-5-7-35(31,32)8-6-29/h3-4,9-12H,5-8,13H2,1-2H3. The van der Waals surface area contributed by atoms with Gasteiger partial charge in [0.25, 0.3) is 0 Å². The van der Waals surface area contributed by atoms with Gasteiger partial charge in [0.05, 0.1) is 11.5 Å². The van der Waals surface area contributed by atoms with Gasteiger partial charge in [0.1, 0.15) is 18.2 Å². The maximum absolute atomic E-state index is 14.6. The molecule has 12 heteroatoms. The van der Waals surface area contributed by atoms with E-state index >= 15 is 0 Å². The predicted molar refractivity (Wildman–Crippen MR) is 127 cm³/mol. The molecule has 8 nitrogen and oxygen atoms in total. The van der Waals surface area contributed by atoms with Gasteiger partial charge in [0.2, 0.25) is 5.88 Å². The number of benzene rings is 2. The topological polar surface area (TPSA) is 90.7 Å². The first-order valence-corrected chi connectivity index (χ1v) is 12.8. The second-order valence-corrected chi connectivity index (χ2v) is 10.8. The van der Waals surface area contributed by atoms with E-state index in [-0.39, 0.29) is 48.4 Å². The van der Waals surface area contributed by atoms with Crippen molar-refractivity contribution in [2.24, 2.45) is 7.05 Å². The van der Waals surface area contributed by atoms with Crippen LogP contribution in [0.3, 0.4) is 0 Å². The van der Waals surface area contributed by atoms with Crippen LogP contribution in [0.5, 0.6) is 17.4 Å². The Labute approximate surface area is 205 Å². The Morgan fingerprint density at radius 1 is 1.09 bits per heavy atom. The molecule has 4 rings (SSSR count). The molecule has 1 saturated heterocycles. The van der Waals surface area contributed by atoms with E-state index in [1.807, 2.05) is 0 Å². The van der Waals surface area contributed by atoms with Crippen molar-refractivity contribution >= 4 is 27.3 Å². The molecule has 2 heterocycles. The third-order valence-electron chi connectivity index (χ3n) is 5.55. The van der Waals surface area contributed by atoms with Crippen molar-refractivity contribution in [2.75, 3.05) is 29.5 Å². The number of aromatic nitrogens is 2. The second-order valence-electron chi connectivity index (χ2n) is 8.12. The van der Waals surface area contributed by atoms with Crippen LogP contribution in [0, 0.1) is 18.6 Å². The first kappa shape index (κ1) is 24.9. The minimum Gasteiger partial charge on any atom is -0.473 e. The van der Waals surface area contributed by atoms with E-state index < -0.39 is 32.9 Å². The molecule has 0 unspecified atom stereocenters. The van der Waals surface area contributed by atoms with E-state index in [4.69, 9.17) is 21.1 Å². The molecule has 0 bridgehead atoms. The Kier molecular flexibility index (Phi) is 7.00. The van der Waals surface area contributed by atoms with Gasteiger partial charge >= 0.3 is 5.69 Å². The smallest absolute Gasteiger partial charge is 0.352 e. The van der Waals surface area contributed by atoms with Crippen molar-refractivity contribution in [3.63, 3.8) is 0 Å². The van der Waals surface area contributed by atoms with Crippen LogP contribution in [0.4, 0.5) is 14.6 Å². The van der Waals surface area contributed by atoms with E-state index in [9.17, 15) is 22.0 Å². The molecule has 35 heavy (non-hydrogen) atoms. The Bertz CT molecular complexity index is 1410. The van der Waals surface area contributed by atoms with E-state index in [2.05, 4.69) is 4.98 Å². The van der Waals surface area contributed by atoms with Crippen molar-refractivity contribution in [3.8, 4) is 17.4 Å². The van der Waals surface area contributed by atoms with Crippen LogP contribution in [0.1, 0.15) is 11.1 Å². The fourth-order valence-corrected chi connectivity index (χ4v) is 4.89. The lowest BCUT2D eigenvalue weighted by Gasteiger charge is -2.29. The van der Waals surface area contributed by atoms with E-state index in [1.54, 1.807) is 24.0 Å². The normalized spacial score (nSPS) is 15.2. The molecule has 1 aromatic heterocycles. The lowest BCUT2D eigenvalue weighted by atomic mass is 10.2. The van der Waals surface area contributed by atoms with Crippen LogP contribution in [0.15, 0.2) is 41.2 Å². The molecule has 2 aromatic carbocycles. The molecule has 1 fully saturated rings. The van der Waals surface area contributed by atoms with Crippen molar-refractivity contribution in [2.45, 2.75) is 13.5 Å². The molecule has 0 aliphatic carbocycles. The summed E-state index contributed by atoms with van der Waals surface area (Å²) in [7, 11) is -1.58. The largest absolute Gasteiger partial charge is 0.473 e. The first-order chi connectivity index (χ1) is 16.5. The van der Waals surface area contributed by atoms with Gasteiger partial charge in [-0.25, -0.2) is 22.0 Å². The number of ether oxygens (including phenoxy) is 2. The van der Waals surface area contributed by atoms with Gasteiger partial charge in [0.15, 0.2) is 27.2 Å². The van der Waals surface area contributed by atoms with Gasteiger partial charge in [0, 0.05) is 31.2 Å². The van der Waals surface area contributed by atoms with Crippen molar-refractivity contribution in [1.82, 2.24) is 9.55 Å². The minimum atomic E-state index is -3.10. The molecule has 186 valence electrons. The number of rotatable bonds is 6. The molecule has 0 N–H and O–H groups in total. The molecular weight excluding hydrogens is 504 g/mol. The van der Waals surface area contributed by atoms with Crippen LogP contribution in [0.2, 0.25) is 5.02 Å². The van der Waals surface area contributed by atoms with Crippen LogP contribution in [0.25, 0.3) is 0 Å². The first-order valence-electron chi connectivity index (χ1n) is 10.6. The number of nitrogens with zero attached hydrogens (tertiary/aromatic N) is 3. The van der Waals surface area contributed by atoms with E-state index in [0.717, 1.165) is 12.1 Å². The zero-order valence-electron chi connectivity index (χ0n) is 18.9. The van der Waals surface area contributed by atoms with Gasteiger partial charge in [-0.15, -0.1) is 0 Å². The predicted octanol–water partition coefficient (Wildman–Crippen LogP) is 3.63. The molecule has 0 radical (unpaired) electrons. The van der Waals surface area contributed by atoms with Crippen LogP contribution in [-0.4, -0.2) is 42.6 Å². The number of halogens is 3. The van der Waals surface area contributed by atoms with Gasteiger partial charge in [-0.05, 0) is 48.4 Å². The summed E-state index contributed by atoms with van der Waals surface area (Å²) in [6.07, 6.45) is 0. The Morgan fingerprint density at radius 2 is 1.74 bits per heavy atom. The highest BCUT2D eigenvalue weighted by atomic mass is 35.5. The Morgan fingerprint density at radius 3 is 2.37 bits per heavy atom. The van der Waals surface area contributed by atoms with Crippen LogP contribution >= 0.6 is 11.6 Å². The average molecular weight is 526 g/mol. The summed E-state index contributed by atoms with van der Waals surface area (Å²) >= 11 is 5.97. The molecule has 0 spiro atoms. The zero-order valence-corrected chi connectivity index (χ0v) is 20.5. The van der Waals surface area contributed by atoms with Gasteiger partial charge < -0.3 is 14.4 Å². The summed E-state index contributed by atoms with van der Waals surface area (Å²) in [6.45, 7) is 1.93. The highest BCUT2D eigenvalue weighted by molar-refractivity contribution is 7.91. The third-order valence-corrected chi connectivity index (χ3v) is 7.58. The SMILES string of the molecule is Cc1cc(Oc2c(F)cc(COc3cc(N4CCS(=O)(=O)CC4)n(C)c(=O)n3)cc2F)ccc1Cl. The number of hydrogen-bond donors (Lipinski definition) is 0. The van der Waals surface area contributed by atoms with Crippen LogP contribution in [-0.2, 0) is 23.5 Å². The number of sulfone groups is 1. The monoisotopic (exact) mass is 525 g/mol. The quantitative estimate of drug-likeness (QED) is 0.485. The van der Waals surface area contributed by atoms with E-state index in [0.29, 0.717) is 16.4 Å². The molecule has 0 saturated carbocycles. The fraction of sp³-hybridized carbons (Fsp3) is 0.304. The molecule has 0 atom stereocenters. The molecule has 1 aliphatic rings. The number of anilines is 1. The molecule has 0 amide bonds. The molecular formula is C23H22ClF2N3O5S. The molecule has 1 aliphatic heterocycles. The van der Waals surface area contributed by atoms with Crippen molar-refractivity contribution in [3.05, 3.63) is 74.7 Å². The van der Waals surface area contributed by atoms with Gasteiger partial charge in [-0.1, -0.05) is 11.6 Å². The summed E-state index contributed by atoms with van der Waals surface area (Å²) in [5.41, 5.74) is 0.250. The van der Waals surface area contributed by atoms with Crippen molar-refractivity contribution < 1.29 is 26.7 Å². The maximum Gasteiger partial charge on any atom is 0.352 e. The van der Waals surface area contributed by atoms with E-state index in [1.165, 1.54) is 23.7 Å². The molecule has 3 aromatic rings. The summed E-state index contributed by atoms with van der Waals surface area (Å²) in [6, 6.07) is 8.26. The van der Waals surface area contributed by atoms with Crippen LogP contribution < -0.4 is 20.1 Å². The lowest BCUT2D eigenvalue weighted by molar-refractivity contribution is 0.289. The minimum absolute atomic E-state index is 0.0255. The zero-order chi connectivity index (χ0) is 25.3. The lowest BCUT2D eigenvalue weighted by Crippen LogP contribution is -2.42. The highest BCUT2D eigenvalue weighted by Crippen LogP contribution is 2.31. The Hall–Kier alpha value is -3.18. The maximum atomic E-state index is 14.6. The fourth-order valence-electron chi connectivity index (χ4n) is 3.57. The van der Waals surface area contributed by atoms with Gasteiger partial charge in [-0.2, -0.15) is 4.98 Å².